The first-order chi connectivity index (χ1) is 18.0. The third-order valence-corrected chi connectivity index (χ3v) is 6.61. The number of anilines is 1. The van der Waals surface area contributed by atoms with E-state index < -0.39 is 0 Å². The maximum atomic E-state index is 13.2. The Kier molecular flexibility index (Phi) is 7.56. The summed E-state index contributed by atoms with van der Waals surface area (Å²) in [6.07, 6.45) is 9.10. The molecule has 0 aliphatic carbocycles. The maximum Gasteiger partial charge on any atom is 0.258 e. The van der Waals surface area contributed by atoms with Gasteiger partial charge in [-0.15, -0.1) is 0 Å². The lowest BCUT2D eigenvalue weighted by molar-refractivity contribution is -0.120. The van der Waals surface area contributed by atoms with Crippen LogP contribution in [-0.2, 0) is 23.0 Å². The summed E-state index contributed by atoms with van der Waals surface area (Å²) in [5.41, 5.74) is 4.13. The van der Waals surface area contributed by atoms with E-state index in [0.29, 0.717) is 43.3 Å². The van der Waals surface area contributed by atoms with Crippen molar-refractivity contribution in [1.82, 2.24) is 19.3 Å². The van der Waals surface area contributed by atoms with Gasteiger partial charge in [0.15, 0.2) is 0 Å². The lowest BCUT2D eigenvalue weighted by atomic mass is 9.99. The Bertz CT molecular complexity index is 1370. The van der Waals surface area contributed by atoms with Gasteiger partial charge in [-0.3, -0.25) is 24.2 Å². The molecular formula is C29H31N5O3. The van der Waals surface area contributed by atoms with Gasteiger partial charge in [-0.1, -0.05) is 30.3 Å². The van der Waals surface area contributed by atoms with Crippen molar-refractivity contribution >= 4 is 17.6 Å². The van der Waals surface area contributed by atoms with Gasteiger partial charge in [0.25, 0.3) is 5.91 Å². The summed E-state index contributed by atoms with van der Waals surface area (Å²) >= 11 is 0. The summed E-state index contributed by atoms with van der Waals surface area (Å²) in [6, 6.07) is 17.2. The molecule has 1 aliphatic rings. The molecule has 5 rings (SSSR count). The van der Waals surface area contributed by atoms with Crippen molar-refractivity contribution in [3.63, 3.8) is 0 Å². The summed E-state index contributed by atoms with van der Waals surface area (Å²) in [5.74, 6) is 0.852. The molecule has 190 valence electrons. The van der Waals surface area contributed by atoms with Crippen molar-refractivity contribution in [1.29, 1.82) is 0 Å². The Hall–Kier alpha value is -4.04. The van der Waals surface area contributed by atoms with Crippen LogP contribution < -0.4 is 5.32 Å². The van der Waals surface area contributed by atoms with Crippen LogP contribution in [0.2, 0.25) is 0 Å². The molecule has 2 aromatic heterocycles. The predicted octanol–water partition coefficient (Wildman–Crippen LogP) is 4.84. The number of imidazole rings is 1. The van der Waals surface area contributed by atoms with Crippen LogP contribution in [0.15, 0.2) is 73.2 Å². The lowest BCUT2D eigenvalue weighted by Crippen LogP contribution is -2.15. The van der Waals surface area contributed by atoms with Gasteiger partial charge in [0.05, 0.1) is 11.9 Å². The van der Waals surface area contributed by atoms with Crippen molar-refractivity contribution in [3.05, 3.63) is 84.4 Å². The molecule has 1 unspecified atom stereocenters. The summed E-state index contributed by atoms with van der Waals surface area (Å²) in [5, 5.41) is 7.21. The number of benzene rings is 2. The van der Waals surface area contributed by atoms with E-state index in [-0.39, 0.29) is 11.7 Å². The Balaban J connectivity index is 1.29. The van der Waals surface area contributed by atoms with Crippen LogP contribution in [0, 0.1) is 5.92 Å². The molecule has 4 aromatic rings. The van der Waals surface area contributed by atoms with E-state index in [1.165, 1.54) is 0 Å². The number of hydrogen-bond donors (Lipinski definition) is 1. The van der Waals surface area contributed by atoms with E-state index in [1.807, 2.05) is 72.5 Å². The van der Waals surface area contributed by atoms with Gasteiger partial charge in [0.1, 0.15) is 5.78 Å². The molecule has 1 N–H and O–H groups in total. The standard InChI is InChI=1S/C29H31N5O3/c1-33-18-24(17-30-33)22-7-5-8-23(16-22)28(36)32-29-31-25(19-34(29)26-10-3-2-4-11-26)9-6-12-27(35)15-21-13-14-37-20-21/h2-5,7-8,10-11,16-19,21H,6,9,12-15,20H2,1H3,(H,31,32,36). The fourth-order valence-corrected chi connectivity index (χ4v) is 4.64. The first kappa shape index (κ1) is 24.6. The van der Waals surface area contributed by atoms with Crippen LogP contribution in [-0.4, -0.2) is 44.2 Å². The molecule has 1 atom stereocenters. The molecule has 0 spiro atoms. The van der Waals surface area contributed by atoms with Gasteiger partial charge >= 0.3 is 0 Å². The number of amides is 1. The minimum absolute atomic E-state index is 0.242. The maximum absolute atomic E-state index is 13.2. The van der Waals surface area contributed by atoms with E-state index >= 15 is 0 Å². The number of ketones is 1. The molecule has 1 saturated heterocycles. The van der Waals surface area contributed by atoms with Gasteiger partial charge in [-0.05, 0) is 55.0 Å². The van der Waals surface area contributed by atoms with Crippen LogP contribution >= 0.6 is 0 Å². The monoisotopic (exact) mass is 497 g/mol. The van der Waals surface area contributed by atoms with Crippen LogP contribution in [0.1, 0.15) is 41.7 Å². The SMILES string of the molecule is Cn1cc(-c2cccc(C(=O)Nc3nc(CCCC(=O)CC4CCOC4)cn3-c3ccccc3)c2)cn1. The van der Waals surface area contributed by atoms with Gasteiger partial charge in [0, 0.05) is 62.3 Å². The third kappa shape index (κ3) is 6.21. The molecule has 0 saturated carbocycles. The van der Waals surface area contributed by atoms with E-state index in [2.05, 4.69) is 10.4 Å². The van der Waals surface area contributed by atoms with Gasteiger partial charge in [-0.2, -0.15) is 5.10 Å². The molecule has 37 heavy (non-hydrogen) atoms. The molecule has 2 aromatic carbocycles. The number of nitrogens with one attached hydrogen (secondary N) is 1. The number of hydrogen-bond acceptors (Lipinski definition) is 5. The number of carbonyl (C=O) groups is 2. The molecule has 0 bridgehead atoms. The zero-order valence-corrected chi connectivity index (χ0v) is 21.0. The summed E-state index contributed by atoms with van der Waals surface area (Å²) in [4.78, 5) is 30.3. The fraction of sp³-hybridized carbons (Fsp3) is 0.310. The largest absolute Gasteiger partial charge is 0.381 e. The van der Waals surface area contributed by atoms with Gasteiger partial charge < -0.3 is 4.74 Å². The quantitative estimate of drug-likeness (QED) is 0.338. The Morgan fingerprint density at radius 1 is 1.08 bits per heavy atom. The number of aryl methyl sites for hydroxylation is 2. The molecule has 8 nitrogen and oxygen atoms in total. The average molecular weight is 498 g/mol. The number of carbonyl (C=O) groups excluding carboxylic acids is 2. The minimum Gasteiger partial charge on any atom is -0.381 e. The molecule has 1 aliphatic heterocycles. The van der Waals surface area contributed by atoms with Crippen molar-refractivity contribution in [2.75, 3.05) is 18.5 Å². The summed E-state index contributed by atoms with van der Waals surface area (Å²) in [7, 11) is 1.86. The highest BCUT2D eigenvalue weighted by Crippen LogP contribution is 2.23. The normalized spacial score (nSPS) is 15.1. The van der Waals surface area contributed by atoms with Crippen LogP contribution in [0.25, 0.3) is 16.8 Å². The Morgan fingerprint density at radius 3 is 2.70 bits per heavy atom. The smallest absolute Gasteiger partial charge is 0.258 e. The Labute approximate surface area is 216 Å². The highest BCUT2D eigenvalue weighted by molar-refractivity contribution is 6.04. The summed E-state index contributed by atoms with van der Waals surface area (Å²) < 4.78 is 9.00. The zero-order valence-electron chi connectivity index (χ0n) is 21.0. The summed E-state index contributed by atoms with van der Waals surface area (Å²) in [6.45, 7) is 1.46. The van der Waals surface area contributed by atoms with Crippen LogP contribution in [0.5, 0.6) is 0 Å². The van der Waals surface area contributed by atoms with Crippen molar-refractivity contribution in [2.45, 2.75) is 32.1 Å². The van der Waals surface area contributed by atoms with Crippen molar-refractivity contribution in [3.8, 4) is 16.8 Å². The van der Waals surface area contributed by atoms with Crippen molar-refractivity contribution in [2.24, 2.45) is 13.0 Å². The van der Waals surface area contributed by atoms with Gasteiger partial charge in [-0.25, -0.2) is 4.98 Å². The van der Waals surface area contributed by atoms with Crippen LogP contribution in [0.3, 0.4) is 0 Å². The van der Waals surface area contributed by atoms with E-state index in [4.69, 9.17) is 9.72 Å². The van der Waals surface area contributed by atoms with E-state index in [1.54, 1.807) is 16.9 Å². The number of rotatable bonds is 10. The van der Waals surface area contributed by atoms with Crippen molar-refractivity contribution < 1.29 is 14.3 Å². The van der Waals surface area contributed by atoms with E-state index in [9.17, 15) is 9.59 Å². The first-order valence-electron chi connectivity index (χ1n) is 12.7. The highest BCUT2D eigenvalue weighted by atomic mass is 16.5. The minimum atomic E-state index is -0.242. The Morgan fingerprint density at radius 2 is 1.95 bits per heavy atom. The molecule has 1 amide bonds. The first-order valence-corrected chi connectivity index (χ1v) is 12.7. The number of Topliss-reactive ketones (excluding diaryl/α,β-unsaturated/α-hetero) is 1. The second kappa shape index (κ2) is 11.3. The van der Waals surface area contributed by atoms with Gasteiger partial charge in [0.2, 0.25) is 5.95 Å². The highest BCUT2D eigenvalue weighted by Gasteiger charge is 2.19. The number of aromatic nitrogens is 4. The molecule has 8 heteroatoms. The van der Waals surface area contributed by atoms with E-state index in [0.717, 1.165) is 42.0 Å². The number of ether oxygens (including phenoxy) is 1. The molecular weight excluding hydrogens is 466 g/mol. The molecule has 1 fully saturated rings. The average Bonchev–Trinajstić information content (AvgIpc) is 3.67. The second-order valence-corrected chi connectivity index (χ2v) is 9.52. The molecule has 0 radical (unpaired) electrons. The fourth-order valence-electron chi connectivity index (χ4n) is 4.64. The zero-order chi connectivity index (χ0) is 25.6. The predicted molar refractivity (Wildman–Crippen MR) is 142 cm³/mol. The lowest BCUT2D eigenvalue weighted by Gasteiger charge is -2.09. The third-order valence-electron chi connectivity index (χ3n) is 6.61. The topological polar surface area (TPSA) is 91.0 Å². The van der Waals surface area contributed by atoms with Crippen LogP contribution in [0.4, 0.5) is 5.95 Å². The molecule has 3 heterocycles. The number of para-hydroxylation sites is 1. The number of nitrogens with zero attached hydrogens (tertiary/aromatic N) is 4. The second-order valence-electron chi connectivity index (χ2n) is 9.52.